The Labute approximate surface area is 193 Å². The summed E-state index contributed by atoms with van der Waals surface area (Å²) in [5.41, 5.74) is 1.06. The van der Waals surface area contributed by atoms with E-state index >= 15 is 0 Å². The summed E-state index contributed by atoms with van der Waals surface area (Å²) in [5, 5.41) is 6.92. The second kappa shape index (κ2) is 14.0. The Kier molecular flexibility index (Phi) is 11.3. The van der Waals surface area contributed by atoms with Gasteiger partial charge in [0.1, 0.15) is 5.75 Å². The van der Waals surface area contributed by atoms with Crippen LogP contribution in [0.25, 0.3) is 0 Å². The second-order valence-corrected chi connectivity index (χ2v) is 8.32. The minimum atomic E-state index is -0.0644. The molecular weight excluding hydrogens is 406 g/mol. The molecule has 0 radical (unpaired) electrons. The molecular formula is C24H41N5O3. The van der Waals surface area contributed by atoms with E-state index in [1.54, 1.807) is 21.1 Å². The number of nitrogens with zero attached hydrogens (tertiary/aromatic N) is 3. The van der Waals surface area contributed by atoms with E-state index in [2.05, 4.69) is 34.4 Å². The Morgan fingerprint density at radius 2 is 1.94 bits per heavy atom. The second-order valence-electron chi connectivity index (χ2n) is 8.32. The van der Waals surface area contributed by atoms with Crippen LogP contribution in [-0.4, -0.2) is 88.3 Å². The first-order valence-corrected chi connectivity index (χ1v) is 11.7. The van der Waals surface area contributed by atoms with Crippen molar-refractivity contribution in [2.24, 2.45) is 10.9 Å². The standard InChI is InChI=1S/C24H41N5O3/c1-6-20(7-2)22(29-11-13-31-14-12-29)17-27-24(25-3)26-16-19-9-8-10-21(15-19)32-18-23(30)28(4)5/h8-10,15,20,22H,6-7,11-14,16-18H2,1-5H3,(H2,25,26,27). The molecule has 1 aromatic carbocycles. The topological polar surface area (TPSA) is 78.4 Å². The summed E-state index contributed by atoms with van der Waals surface area (Å²) in [5.74, 6) is 2.04. The number of morpholine rings is 1. The number of benzene rings is 1. The number of nitrogens with one attached hydrogen (secondary N) is 2. The number of carbonyl (C=O) groups excluding carboxylic acids is 1. The predicted molar refractivity (Wildman–Crippen MR) is 129 cm³/mol. The van der Waals surface area contributed by atoms with Crippen LogP contribution in [-0.2, 0) is 16.1 Å². The fraction of sp³-hybridized carbons (Fsp3) is 0.667. The molecule has 2 rings (SSSR count). The van der Waals surface area contributed by atoms with Crippen LogP contribution in [0.3, 0.4) is 0 Å². The molecule has 0 bridgehead atoms. The SMILES string of the molecule is CCC(CC)C(CNC(=NC)NCc1cccc(OCC(=O)N(C)C)c1)N1CCOCC1. The summed E-state index contributed by atoms with van der Waals surface area (Å²) in [6, 6.07) is 8.23. The number of amides is 1. The summed E-state index contributed by atoms with van der Waals surface area (Å²) in [6.07, 6.45) is 2.32. The Morgan fingerprint density at radius 1 is 1.22 bits per heavy atom. The van der Waals surface area contributed by atoms with Gasteiger partial charge in [0.15, 0.2) is 12.6 Å². The van der Waals surface area contributed by atoms with E-state index < -0.39 is 0 Å². The van der Waals surface area contributed by atoms with Gasteiger partial charge in [-0.15, -0.1) is 0 Å². The normalized spacial score (nSPS) is 16.0. The van der Waals surface area contributed by atoms with E-state index in [1.807, 2.05) is 24.3 Å². The highest BCUT2D eigenvalue weighted by Gasteiger charge is 2.27. The molecule has 1 aromatic rings. The van der Waals surface area contributed by atoms with Gasteiger partial charge in [0.05, 0.1) is 13.2 Å². The van der Waals surface area contributed by atoms with Gasteiger partial charge < -0.3 is 25.0 Å². The van der Waals surface area contributed by atoms with Gasteiger partial charge >= 0.3 is 0 Å². The van der Waals surface area contributed by atoms with Gasteiger partial charge in [-0.1, -0.05) is 38.8 Å². The maximum absolute atomic E-state index is 11.7. The zero-order valence-electron chi connectivity index (χ0n) is 20.4. The number of hydrogen-bond acceptors (Lipinski definition) is 5. The predicted octanol–water partition coefficient (Wildman–Crippen LogP) is 1.96. The minimum absolute atomic E-state index is 0.0338. The number of aliphatic imine (C=N–C) groups is 1. The van der Waals surface area contributed by atoms with Crippen LogP contribution in [0.15, 0.2) is 29.3 Å². The zero-order chi connectivity index (χ0) is 23.3. The van der Waals surface area contributed by atoms with Gasteiger partial charge in [-0.2, -0.15) is 0 Å². The van der Waals surface area contributed by atoms with Crippen LogP contribution in [0.5, 0.6) is 5.75 Å². The molecule has 1 saturated heterocycles. The Bertz CT molecular complexity index is 715. The molecule has 0 aliphatic carbocycles. The van der Waals surface area contributed by atoms with Gasteiger partial charge in [-0.3, -0.25) is 14.7 Å². The fourth-order valence-corrected chi connectivity index (χ4v) is 3.96. The van der Waals surface area contributed by atoms with E-state index in [0.29, 0.717) is 24.3 Å². The molecule has 1 heterocycles. The molecule has 8 heteroatoms. The van der Waals surface area contributed by atoms with Crippen molar-refractivity contribution in [2.45, 2.75) is 39.3 Å². The molecule has 32 heavy (non-hydrogen) atoms. The first-order valence-electron chi connectivity index (χ1n) is 11.7. The molecule has 1 aliphatic heterocycles. The molecule has 0 saturated carbocycles. The lowest BCUT2D eigenvalue weighted by molar-refractivity contribution is -0.130. The number of ether oxygens (including phenoxy) is 2. The average Bonchev–Trinajstić information content (AvgIpc) is 2.82. The van der Waals surface area contributed by atoms with Crippen molar-refractivity contribution in [3.8, 4) is 5.75 Å². The molecule has 180 valence electrons. The zero-order valence-corrected chi connectivity index (χ0v) is 20.4. The molecule has 1 atom stereocenters. The van der Waals surface area contributed by atoms with Crippen molar-refractivity contribution in [1.82, 2.24) is 20.4 Å². The summed E-state index contributed by atoms with van der Waals surface area (Å²) in [6.45, 7) is 9.63. The van der Waals surface area contributed by atoms with E-state index in [0.717, 1.165) is 57.2 Å². The van der Waals surface area contributed by atoms with Crippen molar-refractivity contribution in [2.75, 3.05) is 60.6 Å². The minimum Gasteiger partial charge on any atom is -0.484 e. The third kappa shape index (κ3) is 8.31. The molecule has 1 amide bonds. The van der Waals surface area contributed by atoms with Crippen molar-refractivity contribution in [3.63, 3.8) is 0 Å². The molecule has 1 aliphatic rings. The Balaban J connectivity index is 1.90. The van der Waals surface area contributed by atoms with Crippen molar-refractivity contribution < 1.29 is 14.3 Å². The lowest BCUT2D eigenvalue weighted by Crippen LogP contribution is -2.53. The Hall–Kier alpha value is -2.32. The highest BCUT2D eigenvalue weighted by molar-refractivity contribution is 5.79. The van der Waals surface area contributed by atoms with Crippen molar-refractivity contribution in [1.29, 1.82) is 0 Å². The smallest absolute Gasteiger partial charge is 0.259 e. The van der Waals surface area contributed by atoms with Gasteiger partial charge in [-0.05, 0) is 23.6 Å². The number of guanidine groups is 1. The van der Waals surface area contributed by atoms with Crippen LogP contribution < -0.4 is 15.4 Å². The van der Waals surface area contributed by atoms with Gasteiger partial charge in [0.2, 0.25) is 0 Å². The van der Waals surface area contributed by atoms with Crippen molar-refractivity contribution in [3.05, 3.63) is 29.8 Å². The van der Waals surface area contributed by atoms with Crippen LogP contribution in [0.1, 0.15) is 32.3 Å². The third-order valence-electron chi connectivity index (χ3n) is 6.03. The monoisotopic (exact) mass is 447 g/mol. The lowest BCUT2D eigenvalue weighted by Gasteiger charge is -2.39. The number of rotatable bonds is 11. The third-order valence-corrected chi connectivity index (χ3v) is 6.03. The largest absolute Gasteiger partial charge is 0.484 e. The van der Waals surface area contributed by atoms with Crippen molar-refractivity contribution >= 4 is 11.9 Å². The molecule has 8 nitrogen and oxygen atoms in total. The maximum atomic E-state index is 11.7. The summed E-state index contributed by atoms with van der Waals surface area (Å²) < 4.78 is 11.2. The summed E-state index contributed by atoms with van der Waals surface area (Å²) >= 11 is 0. The van der Waals surface area contributed by atoms with E-state index in [1.165, 1.54) is 4.90 Å². The first-order chi connectivity index (χ1) is 15.5. The summed E-state index contributed by atoms with van der Waals surface area (Å²) in [7, 11) is 5.23. The average molecular weight is 448 g/mol. The van der Waals surface area contributed by atoms with Gasteiger partial charge in [0.25, 0.3) is 5.91 Å². The van der Waals surface area contributed by atoms with E-state index in [4.69, 9.17) is 9.47 Å². The van der Waals surface area contributed by atoms with Crippen LogP contribution in [0, 0.1) is 5.92 Å². The molecule has 2 N–H and O–H groups in total. The first kappa shape index (κ1) is 25.9. The molecule has 1 fully saturated rings. The highest BCUT2D eigenvalue weighted by atomic mass is 16.5. The number of hydrogen-bond donors (Lipinski definition) is 2. The fourth-order valence-electron chi connectivity index (χ4n) is 3.96. The quantitative estimate of drug-likeness (QED) is 0.399. The van der Waals surface area contributed by atoms with Crippen LogP contribution in [0.2, 0.25) is 0 Å². The highest BCUT2D eigenvalue weighted by Crippen LogP contribution is 2.19. The number of carbonyl (C=O) groups is 1. The number of likely N-dealkylation sites (N-methyl/N-ethyl adjacent to an activating group) is 1. The molecule has 0 spiro atoms. The molecule has 0 aromatic heterocycles. The Morgan fingerprint density at radius 3 is 2.56 bits per heavy atom. The van der Waals surface area contributed by atoms with E-state index in [9.17, 15) is 4.79 Å². The lowest BCUT2D eigenvalue weighted by atomic mass is 9.92. The maximum Gasteiger partial charge on any atom is 0.259 e. The molecule has 1 unspecified atom stereocenters. The van der Waals surface area contributed by atoms with Crippen LogP contribution >= 0.6 is 0 Å². The van der Waals surface area contributed by atoms with Gasteiger partial charge in [0, 0.05) is 53.4 Å². The van der Waals surface area contributed by atoms with Gasteiger partial charge in [-0.25, -0.2) is 0 Å². The van der Waals surface area contributed by atoms with E-state index in [-0.39, 0.29) is 12.5 Å². The summed E-state index contributed by atoms with van der Waals surface area (Å²) in [4.78, 5) is 20.2. The van der Waals surface area contributed by atoms with Crippen LogP contribution in [0.4, 0.5) is 0 Å².